The summed E-state index contributed by atoms with van der Waals surface area (Å²) in [6.07, 6.45) is 1.51. The topological polar surface area (TPSA) is 54.3 Å². The lowest BCUT2D eigenvalue weighted by molar-refractivity contribution is -0.121. The Morgan fingerprint density at radius 3 is 2.70 bits per heavy atom. The van der Waals surface area contributed by atoms with Crippen molar-refractivity contribution in [3.8, 4) is 0 Å². The van der Waals surface area contributed by atoms with Crippen molar-refractivity contribution in [3.63, 3.8) is 0 Å². The van der Waals surface area contributed by atoms with E-state index in [0.29, 0.717) is 25.4 Å². The molecule has 5 nitrogen and oxygen atoms in total. The Morgan fingerprint density at radius 1 is 1.11 bits per heavy atom. The van der Waals surface area contributed by atoms with Gasteiger partial charge in [0.2, 0.25) is 5.91 Å². The molecule has 2 heterocycles. The molecule has 2 aromatic rings. The van der Waals surface area contributed by atoms with E-state index in [2.05, 4.69) is 41.4 Å². The lowest BCUT2D eigenvalue weighted by atomic mass is 9.94. The molecule has 5 heteroatoms. The number of nitrogens with zero attached hydrogens (tertiary/aromatic N) is 2. The van der Waals surface area contributed by atoms with Crippen LogP contribution in [0, 0.1) is 13.8 Å². The maximum atomic E-state index is 12.1. The minimum Gasteiger partial charge on any atom is -0.355 e. The molecule has 1 atom stereocenters. The van der Waals surface area contributed by atoms with Crippen LogP contribution in [-0.4, -0.2) is 41.6 Å². The van der Waals surface area contributed by atoms with Crippen LogP contribution < -0.4 is 10.9 Å². The van der Waals surface area contributed by atoms with Gasteiger partial charge in [0, 0.05) is 44.4 Å². The van der Waals surface area contributed by atoms with Gasteiger partial charge in [0.05, 0.1) is 0 Å². The Kier molecular flexibility index (Phi) is 6.45. The fourth-order valence-electron chi connectivity index (χ4n) is 3.90. The quantitative estimate of drug-likeness (QED) is 0.818. The summed E-state index contributed by atoms with van der Waals surface area (Å²) < 4.78 is 1.65. The second-order valence-corrected chi connectivity index (χ2v) is 7.40. The Morgan fingerprint density at radius 2 is 1.93 bits per heavy atom. The third kappa shape index (κ3) is 5.07. The van der Waals surface area contributed by atoms with E-state index >= 15 is 0 Å². The number of carbonyl (C=O) groups excluding carboxylic acids is 1. The minimum atomic E-state index is -0.0536. The van der Waals surface area contributed by atoms with Crippen LogP contribution in [0.1, 0.15) is 35.6 Å². The first-order chi connectivity index (χ1) is 13.0. The third-order valence-corrected chi connectivity index (χ3v) is 5.48. The van der Waals surface area contributed by atoms with Gasteiger partial charge in [-0.3, -0.25) is 9.59 Å². The molecule has 1 fully saturated rings. The Labute approximate surface area is 161 Å². The zero-order chi connectivity index (χ0) is 19.2. The van der Waals surface area contributed by atoms with Gasteiger partial charge < -0.3 is 14.8 Å². The van der Waals surface area contributed by atoms with Crippen molar-refractivity contribution < 1.29 is 4.79 Å². The molecule has 1 saturated heterocycles. The van der Waals surface area contributed by atoms with Gasteiger partial charge >= 0.3 is 0 Å². The molecule has 0 saturated carbocycles. The monoisotopic (exact) mass is 367 g/mol. The molecule has 1 N–H and O–H groups in total. The zero-order valence-corrected chi connectivity index (χ0v) is 16.3. The summed E-state index contributed by atoms with van der Waals surface area (Å²) in [4.78, 5) is 26.4. The van der Waals surface area contributed by atoms with Gasteiger partial charge in [-0.05, 0) is 49.9 Å². The summed E-state index contributed by atoms with van der Waals surface area (Å²) >= 11 is 0. The highest BCUT2D eigenvalue weighted by molar-refractivity contribution is 5.75. The van der Waals surface area contributed by atoms with Crippen LogP contribution >= 0.6 is 0 Å². The van der Waals surface area contributed by atoms with Gasteiger partial charge in [-0.1, -0.05) is 30.3 Å². The molecule has 1 unspecified atom stereocenters. The average molecular weight is 367 g/mol. The number of nitrogens with one attached hydrogen (secondary N) is 1. The number of amides is 1. The van der Waals surface area contributed by atoms with Crippen LogP contribution in [0.2, 0.25) is 0 Å². The molecule has 27 heavy (non-hydrogen) atoms. The van der Waals surface area contributed by atoms with Gasteiger partial charge in [-0.2, -0.15) is 0 Å². The van der Waals surface area contributed by atoms with E-state index in [1.165, 1.54) is 23.6 Å². The molecular formula is C22H29N3O2. The van der Waals surface area contributed by atoms with Crippen LogP contribution in [0.15, 0.2) is 47.3 Å². The van der Waals surface area contributed by atoms with Gasteiger partial charge in [-0.15, -0.1) is 0 Å². The standard InChI is InChI=1S/C22H29N3O2/c1-17-6-3-4-8-20(17)19-10-13-24(16-19)15-12-23-21(26)11-14-25-18(2)7-5-9-22(25)27/h3-9,19H,10-16H2,1-2H3,(H,23,26). The Bertz CT molecular complexity index is 843. The summed E-state index contributed by atoms with van der Waals surface area (Å²) in [6.45, 7) is 8.15. The van der Waals surface area contributed by atoms with E-state index in [1.54, 1.807) is 10.6 Å². The van der Waals surface area contributed by atoms with Crippen molar-refractivity contribution in [3.05, 3.63) is 69.6 Å². The van der Waals surface area contributed by atoms with Crippen molar-refractivity contribution in [2.75, 3.05) is 26.2 Å². The van der Waals surface area contributed by atoms with Gasteiger partial charge in [0.15, 0.2) is 0 Å². The van der Waals surface area contributed by atoms with Crippen molar-refractivity contribution in [1.29, 1.82) is 0 Å². The van der Waals surface area contributed by atoms with Crippen LogP contribution in [0.5, 0.6) is 0 Å². The van der Waals surface area contributed by atoms with Gasteiger partial charge in [-0.25, -0.2) is 0 Å². The predicted octanol–water partition coefficient (Wildman–Crippen LogP) is 2.46. The van der Waals surface area contributed by atoms with E-state index < -0.39 is 0 Å². The minimum absolute atomic E-state index is 0.000182. The first-order valence-electron chi connectivity index (χ1n) is 9.75. The SMILES string of the molecule is Cc1ccccc1C1CCN(CCNC(=O)CCn2c(C)cccc2=O)C1. The number of hydrogen-bond acceptors (Lipinski definition) is 3. The summed E-state index contributed by atoms with van der Waals surface area (Å²) in [7, 11) is 0. The molecular weight excluding hydrogens is 338 g/mol. The van der Waals surface area contributed by atoms with Crippen LogP contribution in [-0.2, 0) is 11.3 Å². The number of pyridine rings is 1. The normalized spacial score (nSPS) is 17.2. The lowest BCUT2D eigenvalue weighted by Gasteiger charge is -2.17. The predicted molar refractivity (Wildman–Crippen MR) is 108 cm³/mol. The highest BCUT2D eigenvalue weighted by Gasteiger charge is 2.24. The number of carbonyl (C=O) groups is 1. The van der Waals surface area contributed by atoms with Gasteiger partial charge in [0.1, 0.15) is 0 Å². The Hall–Kier alpha value is -2.40. The van der Waals surface area contributed by atoms with Gasteiger partial charge in [0.25, 0.3) is 5.56 Å². The number of aryl methyl sites for hydroxylation is 2. The molecule has 144 valence electrons. The maximum Gasteiger partial charge on any atom is 0.250 e. The average Bonchev–Trinajstić information content (AvgIpc) is 3.10. The van der Waals surface area contributed by atoms with E-state index in [0.717, 1.165) is 25.3 Å². The van der Waals surface area contributed by atoms with Crippen molar-refractivity contribution in [1.82, 2.24) is 14.8 Å². The number of aromatic nitrogens is 1. The first kappa shape index (κ1) is 19.4. The van der Waals surface area contributed by atoms with E-state index in [9.17, 15) is 9.59 Å². The number of likely N-dealkylation sites (tertiary alicyclic amines) is 1. The van der Waals surface area contributed by atoms with Crippen LogP contribution in [0.3, 0.4) is 0 Å². The molecule has 3 rings (SSSR count). The highest BCUT2D eigenvalue weighted by Crippen LogP contribution is 2.28. The molecule has 0 aliphatic carbocycles. The molecule has 1 aromatic carbocycles. The summed E-state index contributed by atoms with van der Waals surface area (Å²) in [5, 5.41) is 2.99. The second kappa shape index (κ2) is 9.00. The van der Waals surface area contributed by atoms with E-state index in [1.807, 2.05) is 13.0 Å². The summed E-state index contributed by atoms with van der Waals surface area (Å²) in [5.41, 5.74) is 3.65. The van der Waals surface area contributed by atoms with E-state index in [-0.39, 0.29) is 11.5 Å². The molecule has 0 spiro atoms. The smallest absolute Gasteiger partial charge is 0.250 e. The molecule has 1 aliphatic rings. The third-order valence-electron chi connectivity index (χ3n) is 5.48. The fourth-order valence-corrected chi connectivity index (χ4v) is 3.90. The molecule has 0 bridgehead atoms. The maximum absolute atomic E-state index is 12.1. The lowest BCUT2D eigenvalue weighted by Crippen LogP contribution is -2.34. The highest BCUT2D eigenvalue weighted by atomic mass is 16.1. The van der Waals surface area contributed by atoms with Crippen LogP contribution in [0.25, 0.3) is 0 Å². The van der Waals surface area contributed by atoms with E-state index in [4.69, 9.17) is 0 Å². The van der Waals surface area contributed by atoms with Crippen LogP contribution in [0.4, 0.5) is 0 Å². The van der Waals surface area contributed by atoms with Crippen molar-refractivity contribution in [2.45, 2.75) is 39.2 Å². The molecule has 1 aliphatic heterocycles. The molecule has 1 amide bonds. The molecule has 1 aromatic heterocycles. The van der Waals surface area contributed by atoms with Crippen molar-refractivity contribution in [2.24, 2.45) is 0 Å². The largest absolute Gasteiger partial charge is 0.355 e. The Balaban J connectivity index is 1.39. The first-order valence-corrected chi connectivity index (χ1v) is 9.75. The fraction of sp³-hybridized carbons (Fsp3) is 0.455. The van der Waals surface area contributed by atoms with Crippen molar-refractivity contribution >= 4 is 5.91 Å². The molecule has 0 radical (unpaired) electrons. The number of rotatable bonds is 7. The number of benzene rings is 1. The summed E-state index contributed by atoms with van der Waals surface area (Å²) in [5.74, 6) is 0.592. The summed E-state index contributed by atoms with van der Waals surface area (Å²) in [6, 6.07) is 13.8. The number of hydrogen-bond donors (Lipinski definition) is 1. The zero-order valence-electron chi connectivity index (χ0n) is 16.3. The second-order valence-electron chi connectivity index (χ2n) is 7.40.